The van der Waals surface area contributed by atoms with Gasteiger partial charge < -0.3 is 24.2 Å². The quantitative estimate of drug-likeness (QED) is 0.398. The van der Waals surface area contributed by atoms with E-state index in [-0.39, 0.29) is 24.0 Å². The molecule has 1 N–H and O–H groups in total. The van der Waals surface area contributed by atoms with E-state index >= 15 is 0 Å². The van der Waals surface area contributed by atoms with E-state index in [9.17, 15) is 0 Å². The van der Waals surface area contributed by atoms with Gasteiger partial charge in [0.2, 0.25) is 0 Å². The second-order valence-corrected chi connectivity index (χ2v) is 6.36. The lowest BCUT2D eigenvalue weighted by atomic mass is 10.1. The van der Waals surface area contributed by atoms with Crippen LogP contribution in [0, 0.1) is 13.8 Å². The third kappa shape index (κ3) is 5.27. The zero-order chi connectivity index (χ0) is 18.5. The van der Waals surface area contributed by atoms with Gasteiger partial charge in [0, 0.05) is 32.7 Å². The second-order valence-electron chi connectivity index (χ2n) is 6.36. The highest BCUT2D eigenvalue weighted by Crippen LogP contribution is 2.31. The van der Waals surface area contributed by atoms with E-state index in [1.807, 2.05) is 33.0 Å². The average molecular weight is 486 g/mol. The van der Waals surface area contributed by atoms with Crippen LogP contribution in [0.5, 0.6) is 11.5 Å². The van der Waals surface area contributed by atoms with E-state index in [1.54, 1.807) is 7.05 Å². The van der Waals surface area contributed by atoms with Crippen molar-refractivity contribution in [1.29, 1.82) is 0 Å². The number of guanidine groups is 1. The number of ether oxygens (including phenoxy) is 2. The number of aryl methyl sites for hydroxylation is 2. The molecule has 8 heteroatoms. The fourth-order valence-corrected chi connectivity index (χ4v) is 3.08. The summed E-state index contributed by atoms with van der Waals surface area (Å²) in [5.74, 6) is 3.34. The molecule has 1 aromatic heterocycles. The summed E-state index contributed by atoms with van der Waals surface area (Å²) in [4.78, 5) is 6.45. The van der Waals surface area contributed by atoms with Crippen LogP contribution in [0.15, 0.2) is 27.7 Å². The van der Waals surface area contributed by atoms with Crippen molar-refractivity contribution in [2.75, 3.05) is 33.9 Å². The predicted molar refractivity (Wildman–Crippen MR) is 115 cm³/mol. The van der Waals surface area contributed by atoms with E-state index in [0.717, 1.165) is 59.5 Å². The van der Waals surface area contributed by atoms with Gasteiger partial charge in [0.05, 0.1) is 5.69 Å². The summed E-state index contributed by atoms with van der Waals surface area (Å²) in [6.45, 7) is 6.60. The number of nitrogens with zero attached hydrogens (tertiary/aromatic N) is 3. The molecule has 0 unspecified atom stereocenters. The van der Waals surface area contributed by atoms with Crippen molar-refractivity contribution < 1.29 is 14.0 Å². The van der Waals surface area contributed by atoms with Crippen LogP contribution in [-0.4, -0.2) is 49.9 Å². The number of halogens is 1. The maximum absolute atomic E-state index is 5.66. The van der Waals surface area contributed by atoms with Crippen molar-refractivity contribution in [2.24, 2.45) is 4.99 Å². The van der Waals surface area contributed by atoms with Crippen molar-refractivity contribution in [3.8, 4) is 11.5 Å². The van der Waals surface area contributed by atoms with E-state index in [1.165, 1.54) is 0 Å². The Morgan fingerprint density at radius 3 is 2.63 bits per heavy atom. The molecule has 148 valence electrons. The standard InChI is InChI=1S/C19H26N4O3.HI/c1-13-16(14(2)26-22-13)7-8-21-19(20-3)23(4)12-15-5-6-17-18(11-15)25-10-9-24-17;/h5-6,11H,7-10,12H2,1-4H3,(H,20,21);1H. The summed E-state index contributed by atoms with van der Waals surface area (Å²) in [7, 11) is 3.81. The Balaban J connectivity index is 0.00000261. The molecule has 1 aliphatic rings. The van der Waals surface area contributed by atoms with E-state index < -0.39 is 0 Å². The van der Waals surface area contributed by atoms with Crippen LogP contribution in [0.3, 0.4) is 0 Å². The van der Waals surface area contributed by atoms with Gasteiger partial charge in [0.15, 0.2) is 17.5 Å². The number of aromatic nitrogens is 1. The van der Waals surface area contributed by atoms with Crippen LogP contribution in [-0.2, 0) is 13.0 Å². The van der Waals surface area contributed by atoms with Gasteiger partial charge in [-0.25, -0.2) is 0 Å². The molecule has 1 aliphatic heterocycles. The molecule has 0 bridgehead atoms. The van der Waals surface area contributed by atoms with E-state index in [2.05, 4.69) is 26.4 Å². The molecule has 0 saturated carbocycles. The first-order valence-electron chi connectivity index (χ1n) is 8.80. The molecule has 0 fully saturated rings. The molecule has 0 aliphatic carbocycles. The fourth-order valence-electron chi connectivity index (χ4n) is 3.08. The largest absolute Gasteiger partial charge is 0.486 e. The molecule has 3 rings (SSSR count). The van der Waals surface area contributed by atoms with E-state index in [0.29, 0.717) is 13.2 Å². The highest BCUT2D eigenvalue weighted by Gasteiger charge is 2.14. The van der Waals surface area contributed by atoms with Crippen molar-refractivity contribution in [3.05, 3.63) is 40.8 Å². The monoisotopic (exact) mass is 486 g/mol. The molecular formula is C19H27IN4O3. The number of nitrogens with one attached hydrogen (secondary N) is 1. The Morgan fingerprint density at radius 1 is 1.22 bits per heavy atom. The number of hydrogen-bond acceptors (Lipinski definition) is 5. The van der Waals surface area contributed by atoms with Crippen molar-refractivity contribution >= 4 is 29.9 Å². The second kappa shape index (κ2) is 9.82. The molecule has 27 heavy (non-hydrogen) atoms. The Bertz CT molecular complexity index is 772. The molecule has 2 aromatic rings. The van der Waals surface area contributed by atoms with E-state index in [4.69, 9.17) is 14.0 Å². The molecule has 0 saturated heterocycles. The third-order valence-corrected chi connectivity index (χ3v) is 4.44. The molecule has 0 atom stereocenters. The van der Waals surface area contributed by atoms with Gasteiger partial charge >= 0.3 is 0 Å². The summed E-state index contributed by atoms with van der Waals surface area (Å²) in [6.07, 6.45) is 0.845. The molecular weight excluding hydrogens is 459 g/mol. The Labute approximate surface area is 177 Å². The summed E-state index contributed by atoms with van der Waals surface area (Å²) in [5.41, 5.74) is 3.25. The summed E-state index contributed by atoms with van der Waals surface area (Å²) >= 11 is 0. The zero-order valence-electron chi connectivity index (χ0n) is 16.2. The molecule has 2 heterocycles. The lowest BCUT2D eigenvalue weighted by molar-refractivity contribution is 0.171. The van der Waals surface area contributed by atoms with Crippen LogP contribution in [0.4, 0.5) is 0 Å². The number of rotatable bonds is 5. The zero-order valence-corrected chi connectivity index (χ0v) is 18.6. The lowest BCUT2D eigenvalue weighted by Crippen LogP contribution is -2.39. The van der Waals surface area contributed by atoms with Gasteiger partial charge in [-0.3, -0.25) is 4.99 Å². The topological polar surface area (TPSA) is 72.1 Å². The van der Waals surface area contributed by atoms with Gasteiger partial charge in [0.25, 0.3) is 0 Å². The summed E-state index contributed by atoms with van der Waals surface area (Å²) < 4.78 is 16.4. The maximum atomic E-state index is 5.66. The van der Waals surface area contributed by atoms with Crippen molar-refractivity contribution in [2.45, 2.75) is 26.8 Å². The minimum Gasteiger partial charge on any atom is -0.486 e. The van der Waals surface area contributed by atoms with Crippen LogP contribution in [0.2, 0.25) is 0 Å². The number of aliphatic imine (C=N–C) groups is 1. The smallest absolute Gasteiger partial charge is 0.193 e. The highest BCUT2D eigenvalue weighted by molar-refractivity contribution is 14.0. The summed E-state index contributed by atoms with van der Waals surface area (Å²) in [6, 6.07) is 6.05. The predicted octanol–water partition coefficient (Wildman–Crippen LogP) is 2.93. The molecule has 7 nitrogen and oxygen atoms in total. The van der Waals surface area contributed by atoms with Crippen molar-refractivity contribution in [1.82, 2.24) is 15.4 Å². The molecule has 0 spiro atoms. The Hall–Kier alpha value is -1.97. The first kappa shape index (κ1) is 21.3. The van der Waals surface area contributed by atoms with Crippen molar-refractivity contribution in [3.63, 3.8) is 0 Å². The van der Waals surface area contributed by atoms with Crippen LogP contribution in [0.25, 0.3) is 0 Å². The Kier molecular flexibility index (Phi) is 7.76. The minimum absolute atomic E-state index is 0. The number of fused-ring (bicyclic) bond motifs is 1. The lowest BCUT2D eigenvalue weighted by Gasteiger charge is -2.24. The minimum atomic E-state index is 0. The maximum Gasteiger partial charge on any atom is 0.193 e. The third-order valence-electron chi connectivity index (χ3n) is 4.44. The van der Waals surface area contributed by atoms with Crippen LogP contribution in [0.1, 0.15) is 22.6 Å². The normalized spacial score (nSPS) is 13.1. The molecule has 0 amide bonds. The van der Waals surface area contributed by atoms with Crippen LogP contribution < -0.4 is 14.8 Å². The Morgan fingerprint density at radius 2 is 1.96 bits per heavy atom. The fraction of sp³-hybridized carbons (Fsp3) is 0.474. The molecule has 1 aromatic carbocycles. The van der Waals surface area contributed by atoms with Gasteiger partial charge in [-0.05, 0) is 38.0 Å². The van der Waals surface area contributed by atoms with Gasteiger partial charge in [-0.2, -0.15) is 0 Å². The SMILES string of the molecule is CN=C(NCCc1c(C)noc1C)N(C)Cc1ccc2c(c1)OCCO2.I. The first-order chi connectivity index (χ1) is 12.6. The van der Waals surface area contributed by atoms with Gasteiger partial charge in [-0.15, -0.1) is 24.0 Å². The number of benzene rings is 1. The highest BCUT2D eigenvalue weighted by atomic mass is 127. The first-order valence-corrected chi connectivity index (χ1v) is 8.80. The van der Waals surface area contributed by atoms with Gasteiger partial charge in [0.1, 0.15) is 19.0 Å². The molecule has 0 radical (unpaired) electrons. The average Bonchev–Trinajstić information content (AvgIpc) is 2.97. The van der Waals surface area contributed by atoms with Gasteiger partial charge in [-0.1, -0.05) is 11.2 Å². The number of hydrogen-bond donors (Lipinski definition) is 1. The summed E-state index contributed by atoms with van der Waals surface area (Å²) in [5, 5.41) is 7.39. The van der Waals surface area contributed by atoms with Crippen LogP contribution >= 0.6 is 24.0 Å².